The molecule has 2 heterocycles. The van der Waals surface area contributed by atoms with Crippen molar-refractivity contribution in [3.63, 3.8) is 0 Å². The van der Waals surface area contributed by atoms with Crippen molar-refractivity contribution < 1.29 is 14.4 Å². The molecule has 3 amide bonds. The van der Waals surface area contributed by atoms with Crippen molar-refractivity contribution in [1.82, 2.24) is 15.1 Å². The maximum absolute atomic E-state index is 13.0. The lowest BCUT2D eigenvalue weighted by Crippen LogP contribution is -2.46. The van der Waals surface area contributed by atoms with Gasteiger partial charge in [0.25, 0.3) is 0 Å². The average molecular weight is 467 g/mol. The van der Waals surface area contributed by atoms with Gasteiger partial charge in [-0.3, -0.25) is 19.3 Å². The quantitative estimate of drug-likeness (QED) is 0.676. The number of rotatable bonds is 7. The molecule has 1 fully saturated rings. The lowest BCUT2D eigenvalue weighted by molar-refractivity contribution is -0.131. The molecule has 1 N–H and O–H groups in total. The minimum atomic E-state index is -0.0424. The van der Waals surface area contributed by atoms with Crippen LogP contribution in [0.25, 0.3) is 0 Å². The molecule has 0 bridgehead atoms. The van der Waals surface area contributed by atoms with Crippen LogP contribution >= 0.6 is 11.8 Å². The Morgan fingerprint density at radius 2 is 1.70 bits per heavy atom. The van der Waals surface area contributed by atoms with Crippen LogP contribution in [0.15, 0.2) is 59.5 Å². The predicted molar refractivity (Wildman–Crippen MR) is 130 cm³/mol. The van der Waals surface area contributed by atoms with E-state index < -0.39 is 0 Å². The molecule has 2 aliphatic rings. The maximum Gasteiger partial charge on any atom is 0.242 e. The van der Waals surface area contributed by atoms with Gasteiger partial charge < -0.3 is 15.1 Å². The third kappa shape index (κ3) is 6.36. The Balaban J connectivity index is 1.24. The van der Waals surface area contributed by atoms with E-state index in [1.165, 1.54) is 17.3 Å². The monoisotopic (exact) mass is 466 g/mol. The summed E-state index contributed by atoms with van der Waals surface area (Å²) in [6.07, 6.45) is 1.62. The average Bonchev–Trinajstić information content (AvgIpc) is 3.07. The van der Waals surface area contributed by atoms with Crippen LogP contribution in [0.3, 0.4) is 0 Å². The highest BCUT2D eigenvalue weighted by molar-refractivity contribution is 8.00. The Morgan fingerprint density at radius 3 is 2.55 bits per heavy atom. The first-order valence-electron chi connectivity index (χ1n) is 11.4. The standard InChI is InChI=1S/C25H30N4O3S/c30-23(26-12-11-20-7-2-1-3-8-20)17-27-13-6-14-28(16-15-27)24(31)18-29-21-9-4-5-10-22(21)33-19-25(29)32/h1-5,7-10H,6,11-19H2,(H,26,30). The van der Waals surface area contributed by atoms with Gasteiger partial charge in [0.1, 0.15) is 6.54 Å². The maximum atomic E-state index is 13.0. The molecule has 0 saturated carbocycles. The molecule has 4 rings (SSSR count). The first-order valence-corrected chi connectivity index (χ1v) is 12.4. The zero-order chi connectivity index (χ0) is 23.0. The number of carbonyl (C=O) groups is 3. The molecule has 0 spiro atoms. The molecule has 7 nitrogen and oxygen atoms in total. The lowest BCUT2D eigenvalue weighted by atomic mass is 10.1. The van der Waals surface area contributed by atoms with E-state index >= 15 is 0 Å². The predicted octanol–water partition coefficient (Wildman–Crippen LogP) is 2.02. The number of benzene rings is 2. The topological polar surface area (TPSA) is 73.0 Å². The van der Waals surface area contributed by atoms with E-state index in [-0.39, 0.29) is 24.3 Å². The van der Waals surface area contributed by atoms with Crippen LogP contribution in [0.4, 0.5) is 5.69 Å². The largest absolute Gasteiger partial charge is 0.355 e. The van der Waals surface area contributed by atoms with Gasteiger partial charge in [0.15, 0.2) is 0 Å². The molecule has 2 aliphatic heterocycles. The van der Waals surface area contributed by atoms with Crippen molar-refractivity contribution in [3.8, 4) is 0 Å². The third-order valence-corrected chi connectivity index (χ3v) is 7.04. The van der Waals surface area contributed by atoms with Crippen molar-refractivity contribution in [2.24, 2.45) is 0 Å². The number of amides is 3. The SMILES string of the molecule is O=C(CN1CCCN(C(=O)CN2C(=O)CSc3ccccc32)CC1)NCCc1ccccc1. The van der Waals surface area contributed by atoms with Gasteiger partial charge in [-0.2, -0.15) is 0 Å². The van der Waals surface area contributed by atoms with Crippen molar-refractivity contribution in [3.05, 3.63) is 60.2 Å². The van der Waals surface area contributed by atoms with Crippen molar-refractivity contribution in [1.29, 1.82) is 0 Å². The molecule has 174 valence electrons. The van der Waals surface area contributed by atoms with Gasteiger partial charge in [0.2, 0.25) is 17.7 Å². The minimum Gasteiger partial charge on any atom is -0.355 e. The molecule has 8 heteroatoms. The fourth-order valence-corrected chi connectivity index (χ4v) is 5.13. The molecule has 0 aliphatic carbocycles. The molecular formula is C25H30N4O3S. The zero-order valence-electron chi connectivity index (χ0n) is 18.7. The molecule has 1 saturated heterocycles. The number of para-hydroxylation sites is 1. The van der Waals surface area contributed by atoms with Gasteiger partial charge in [0.05, 0.1) is 18.0 Å². The smallest absolute Gasteiger partial charge is 0.242 e. The van der Waals surface area contributed by atoms with Crippen LogP contribution < -0.4 is 10.2 Å². The summed E-state index contributed by atoms with van der Waals surface area (Å²) in [7, 11) is 0. The molecule has 0 radical (unpaired) electrons. The van der Waals surface area contributed by atoms with Crippen LogP contribution in [0.1, 0.15) is 12.0 Å². The van der Waals surface area contributed by atoms with Gasteiger partial charge >= 0.3 is 0 Å². The van der Waals surface area contributed by atoms with Gasteiger partial charge in [-0.05, 0) is 30.5 Å². The van der Waals surface area contributed by atoms with Crippen molar-refractivity contribution in [2.75, 3.05) is 56.5 Å². The van der Waals surface area contributed by atoms with E-state index in [1.54, 1.807) is 4.90 Å². The van der Waals surface area contributed by atoms with E-state index in [0.29, 0.717) is 38.5 Å². The molecule has 33 heavy (non-hydrogen) atoms. The van der Waals surface area contributed by atoms with Crippen molar-refractivity contribution >= 4 is 35.2 Å². The van der Waals surface area contributed by atoms with Gasteiger partial charge in [0, 0.05) is 37.6 Å². The second kappa shape index (κ2) is 11.3. The summed E-state index contributed by atoms with van der Waals surface area (Å²) in [6.45, 7) is 3.65. The van der Waals surface area contributed by atoms with Crippen LogP contribution in [0.2, 0.25) is 0 Å². The summed E-state index contributed by atoms with van der Waals surface area (Å²) in [5.41, 5.74) is 2.02. The van der Waals surface area contributed by atoms with Gasteiger partial charge in [-0.25, -0.2) is 0 Å². The van der Waals surface area contributed by atoms with E-state index in [0.717, 1.165) is 30.0 Å². The minimum absolute atomic E-state index is 0.0127. The van der Waals surface area contributed by atoms with E-state index in [4.69, 9.17) is 0 Å². The molecular weight excluding hydrogens is 436 g/mol. The molecule has 0 unspecified atom stereocenters. The highest BCUT2D eigenvalue weighted by Gasteiger charge is 2.28. The van der Waals surface area contributed by atoms with Crippen LogP contribution in [-0.4, -0.2) is 79.1 Å². The third-order valence-electron chi connectivity index (χ3n) is 5.99. The number of hydrogen-bond acceptors (Lipinski definition) is 5. The zero-order valence-corrected chi connectivity index (χ0v) is 19.6. The normalized spacial score (nSPS) is 16.8. The second-order valence-corrected chi connectivity index (χ2v) is 9.35. The number of nitrogens with zero attached hydrogens (tertiary/aromatic N) is 3. The Kier molecular flexibility index (Phi) is 8.01. The number of hydrogen-bond donors (Lipinski definition) is 1. The second-order valence-electron chi connectivity index (χ2n) is 8.33. The Hall–Kier alpha value is -2.84. The summed E-state index contributed by atoms with van der Waals surface area (Å²) in [4.78, 5) is 44.4. The molecule has 0 atom stereocenters. The van der Waals surface area contributed by atoms with Gasteiger partial charge in [-0.1, -0.05) is 42.5 Å². The molecule has 0 aromatic heterocycles. The number of fused-ring (bicyclic) bond motifs is 1. The lowest BCUT2D eigenvalue weighted by Gasteiger charge is -2.30. The number of nitrogens with one attached hydrogen (secondary N) is 1. The summed E-state index contributed by atoms with van der Waals surface area (Å²) >= 11 is 1.52. The van der Waals surface area contributed by atoms with E-state index in [9.17, 15) is 14.4 Å². The Labute approximate surface area is 199 Å². The molecule has 2 aromatic carbocycles. The van der Waals surface area contributed by atoms with Crippen LogP contribution in [0, 0.1) is 0 Å². The first-order chi connectivity index (χ1) is 16.1. The summed E-state index contributed by atoms with van der Waals surface area (Å²) in [6, 6.07) is 17.8. The highest BCUT2D eigenvalue weighted by atomic mass is 32.2. The fourth-order valence-electron chi connectivity index (χ4n) is 4.19. The summed E-state index contributed by atoms with van der Waals surface area (Å²) in [5.74, 6) is 0.297. The van der Waals surface area contributed by atoms with Gasteiger partial charge in [-0.15, -0.1) is 11.8 Å². The van der Waals surface area contributed by atoms with Crippen molar-refractivity contribution in [2.45, 2.75) is 17.7 Å². The highest BCUT2D eigenvalue weighted by Crippen LogP contribution is 2.34. The van der Waals surface area contributed by atoms with E-state index in [2.05, 4.69) is 22.3 Å². The first kappa shape index (κ1) is 23.3. The number of carbonyl (C=O) groups excluding carboxylic acids is 3. The van der Waals surface area contributed by atoms with Crippen LogP contribution in [0.5, 0.6) is 0 Å². The Bertz CT molecular complexity index is 985. The van der Waals surface area contributed by atoms with Crippen LogP contribution in [-0.2, 0) is 20.8 Å². The fraction of sp³-hybridized carbons (Fsp3) is 0.400. The Morgan fingerprint density at radius 1 is 0.909 bits per heavy atom. The summed E-state index contributed by atoms with van der Waals surface area (Å²) in [5, 5.41) is 2.99. The molecule has 2 aromatic rings. The van der Waals surface area contributed by atoms with E-state index in [1.807, 2.05) is 47.4 Å². The summed E-state index contributed by atoms with van der Waals surface area (Å²) < 4.78 is 0. The number of thioether (sulfide) groups is 1. The number of anilines is 1.